The van der Waals surface area contributed by atoms with Crippen LogP contribution in [0.15, 0.2) is 64.1 Å². The number of likely N-dealkylation sites (N-methyl/N-ethyl adjacent to an activating group) is 1. The van der Waals surface area contributed by atoms with Crippen LogP contribution < -0.4 is 15.5 Å². The summed E-state index contributed by atoms with van der Waals surface area (Å²) in [5, 5.41) is 12.5. The van der Waals surface area contributed by atoms with Crippen molar-refractivity contribution in [3.05, 3.63) is 89.0 Å². The number of nitrogens with zero attached hydrogens (tertiary/aromatic N) is 4. The molecule has 0 radical (unpaired) electrons. The molecule has 0 atom stereocenters. The zero-order valence-corrected chi connectivity index (χ0v) is 24.5. The average Bonchev–Trinajstić information content (AvgIpc) is 3.68. The van der Waals surface area contributed by atoms with Crippen molar-refractivity contribution in [3.8, 4) is 0 Å². The number of nitrogens with one attached hydrogen (secondary N) is 3. The summed E-state index contributed by atoms with van der Waals surface area (Å²) in [5.74, 6) is -2.97. The van der Waals surface area contributed by atoms with Gasteiger partial charge in [-0.05, 0) is 49.5 Å². The van der Waals surface area contributed by atoms with E-state index in [1.54, 1.807) is 24.3 Å². The van der Waals surface area contributed by atoms with Gasteiger partial charge >= 0.3 is 0 Å². The Morgan fingerprint density at radius 3 is 2.41 bits per heavy atom. The fraction of sp³-hybridized carbons (Fsp3) is 0.276. The van der Waals surface area contributed by atoms with Crippen LogP contribution in [0.1, 0.15) is 32.2 Å². The Morgan fingerprint density at radius 2 is 1.70 bits per heavy atom. The molecule has 15 heteroatoms. The summed E-state index contributed by atoms with van der Waals surface area (Å²) in [6.07, 6.45) is 1.61. The Kier molecular flexibility index (Phi) is 7.92. The van der Waals surface area contributed by atoms with Crippen LogP contribution in [-0.2, 0) is 23.0 Å². The molecule has 1 fully saturated rings. The van der Waals surface area contributed by atoms with Crippen LogP contribution in [0.25, 0.3) is 0 Å². The van der Waals surface area contributed by atoms with Crippen molar-refractivity contribution < 1.29 is 31.2 Å². The molecule has 3 N–H and O–H groups in total. The minimum absolute atomic E-state index is 0.0414. The number of carbonyl (C=O) groups is 2. The molecule has 0 aliphatic carbocycles. The van der Waals surface area contributed by atoms with Gasteiger partial charge in [0.1, 0.15) is 11.6 Å². The van der Waals surface area contributed by atoms with E-state index in [-0.39, 0.29) is 42.3 Å². The molecule has 4 aromatic rings. The lowest BCUT2D eigenvalue weighted by atomic mass is 10.1. The quantitative estimate of drug-likeness (QED) is 0.284. The first-order valence-corrected chi connectivity index (χ1v) is 15.3. The molecule has 2 aliphatic rings. The summed E-state index contributed by atoms with van der Waals surface area (Å²) in [7, 11) is -2.21. The number of sulfonamides is 1. The Balaban J connectivity index is 1.26. The highest BCUT2D eigenvalue weighted by Crippen LogP contribution is 2.31. The summed E-state index contributed by atoms with van der Waals surface area (Å²) in [5.41, 5.74) is 2.27. The molecule has 0 saturated carbocycles. The summed E-state index contributed by atoms with van der Waals surface area (Å²) in [6, 6.07) is 10.3. The number of amides is 2. The first kappa shape index (κ1) is 29.5. The number of carbonyl (C=O) groups excluding carboxylic acids is 2. The van der Waals surface area contributed by atoms with E-state index in [1.807, 2.05) is 7.05 Å². The van der Waals surface area contributed by atoms with Crippen LogP contribution in [0.4, 0.5) is 26.0 Å². The second-order valence-electron chi connectivity index (χ2n) is 10.6. The van der Waals surface area contributed by atoms with E-state index in [2.05, 4.69) is 30.6 Å². The maximum atomic E-state index is 13.8. The van der Waals surface area contributed by atoms with E-state index >= 15 is 0 Å². The molecule has 44 heavy (non-hydrogen) atoms. The summed E-state index contributed by atoms with van der Waals surface area (Å²) in [4.78, 5) is 30.4. The maximum absolute atomic E-state index is 13.8. The number of benzene rings is 2. The first-order chi connectivity index (χ1) is 21.1. The Morgan fingerprint density at radius 1 is 0.955 bits per heavy atom. The summed E-state index contributed by atoms with van der Waals surface area (Å²) >= 11 is 0. The molecule has 1 saturated heterocycles. The normalized spacial score (nSPS) is 16.0. The topological polar surface area (TPSA) is 144 Å². The third-order valence-corrected chi connectivity index (χ3v) is 9.54. The average molecular weight is 626 g/mol. The van der Waals surface area contributed by atoms with E-state index < -0.39 is 38.4 Å². The highest BCUT2D eigenvalue weighted by molar-refractivity contribution is 7.89. The van der Waals surface area contributed by atoms with Gasteiger partial charge in [0.25, 0.3) is 11.8 Å². The smallest absolute Gasteiger partial charge is 0.291 e. The highest BCUT2D eigenvalue weighted by Gasteiger charge is 2.32. The van der Waals surface area contributed by atoms with E-state index in [9.17, 15) is 26.8 Å². The number of anilines is 3. The third-order valence-electron chi connectivity index (χ3n) is 7.71. The summed E-state index contributed by atoms with van der Waals surface area (Å²) in [6.45, 7) is 3.12. The number of aromatic nitrogens is 2. The van der Waals surface area contributed by atoms with Crippen molar-refractivity contribution in [2.45, 2.75) is 17.9 Å². The van der Waals surface area contributed by atoms with E-state index in [0.29, 0.717) is 17.3 Å². The first-order valence-electron chi connectivity index (χ1n) is 13.8. The van der Waals surface area contributed by atoms with Crippen molar-refractivity contribution in [2.75, 3.05) is 55.3 Å². The van der Waals surface area contributed by atoms with Crippen molar-refractivity contribution in [2.24, 2.45) is 0 Å². The fourth-order valence-corrected chi connectivity index (χ4v) is 6.72. The highest BCUT2D eigenvalue weighted by atomic mass is 32.2. The molecular formula is C29H29F2N7O5S. The molecular weight excluding hydrogens is 596 g/mol. The van der Waals surface area contributed by atoms with Crippen LogP contribution in [0, 0.1) is 11.6 Å². The van der Waals surface area contributed by atoms with Gasteiger partial charge in [0, 0.05) is 68.7 Å². The van der Waals surface area contributed by atoms with Crippen molar-refractivity contribution in [1.82, 2.24) is 19.4 Å². The van der Waals surface area contributed by atoms with Crippen LogP contribution in [0.5, 0.6) is 0 Å². The number of rotatable bonds is 7. The predicted molar refractivity (Wildman–Crippen MR) is 157 cm³/mol. The Labute approximate surface area is 251 Å². The Bertz CT molecular complexity index is 1800. The maximum Gasteiger partial charge on any atom is 0.291 e. The molecule has 12 nitrogen and oxygen atoms in total. The number of furan rings is 1. The van der Waals surface area contributed by atoms with Crippen LogP contribution >= 0.6 is 0 Å². The monoisotopic (exact) mass is 625 g/mol. The molecule has 6 rings (SSSR count). The number of halogens is 2. The van der Waals surface area contributed by atoms with Gasteiger partial charge in [-0.1, -0.05) is 0 Å². The number of piperazine rings is 1. The predicted octanol–water partition coefficient (Wildman–Crippen LogP) is 3.28. The third kappa shape index (κ3) is 5.93. The van der Waals surface area contributed by atoms with Gasteiger partial charge in [-0.3, -0.25) is 14.7 Å². The van der Waals surface area contributed by atoms with Crippen molar-refractivity contribution >= 4 is 39.0 Å². The van der Waals surface area contributed by atoms with Crippen molar-refractivity contribution in [3.63, 3.8) is 0 Å². The molecule has 2 aliphatic heterocycles. The van der Waals surface area contributed by atoms with Gasteiger partial charge < -0.3 is 24.9 Å². The number of fused-ring (bicyclic) bond motifs is 1. The minimum Gasteiger partial charge on any atom is -0.459 e. The number of H-pyrrole nitrogens is 1. The van der Waals surface area contributed by atoms with E-state index in [0.717, 1.165) is 48.3 Å². The van der Waals surface area contributed by atoms with Gasteiger partial charge in [-0.2, -0.15) is 9.40 Å². The zero-order chi connectivity index (χ0) is 31.0. The minimum atomic E-state index is -4.25. The number of hydrogen-bond acceptors (Lipinski definition) is 8. The molecule has 2 aromatic carbocycles. The number of aromatic amines is 1. The van der Waals surface area contributed by atoms with Gasteiger partial charge in [0.05, 0.1) is 22.4 Å². The van der Waals surface area contributed by atoms with Gasteiger partial charge in [-0.15, -0.1) is 0 Å². The van der Waals surface area contributed by atoms with E-state index in [4.69, 9.17) is 4.42 Å². The fourth-order valence-electron chi connectivity index (χ4n) is 5.27. The van der Waals surface area contributed by atoms with Gasteiger partial charge in [0.15, 0.2) is 11.6 Å². The van der Waals surface area contributed by atoms with Crippen LogP contribution in [0.3, 0.4) is 0 Å². The van der Waals surface area contributed by atoms with Crippen LogP contribution in [-0.4, -0.2) is 79.4 Å². The molecule has 0 bridgehead atoms. The SMILES string of the molecule is CN1CCN(c2ccc(C(=O)Nc3n[nH]c4c3CN(S(=O)(=O)c3cc(F)cc(F)c3)CC4)c(NC(=O)c3ccco3)c2)CC1. The molecule has 230 valence electrons. The van der Waals surface area contributed by atoms with Gasteiger partial charge in [-0.25, -0.2) is 17.2 Å². The molecule has 2 aromatic heterocycles. The molecule has 0 unspecified atom stereocenters. The second kappa shape index (κ2) is 11.8. The van der Waals surface area contributed by atoms with Crippen LogP contribution in [0.2, 0.25) is 0 Å². The second-order valence-corrected chi connectivity index (χ2v) is 12.6. The molecule has 0 spiro atoms. The molecule has 2 amide bonds. The molecule has 4 heterocycles. The lowest BCUT2D eigenvalue weighted by molar-refractivity contribution is 0.0996. The summed E-state index contributed by atoms with van der Waals surface area (Å²) < 4.78 is 60.3. The standard InChI is InChI=1S/C29H29F2N7O5S/c1-36-8-10-37(11-9-36)20-4-5-22(25(16-20)32-29(40)26-3-2-12-43-26)28(39)33-27-23-17-38(7-6-24(23)34-35-27)44(41,42)21-14-18(30)13-19(31)15-21/h2-5,12-16H,6-11,17H2,1H3,(H,32,40)(H2,33,34,35,39). The van der Waals surface area contributed by atoms with Crippen molar-refractivity contribution in [1.29, 1.82) is 0 Å². The van der Waals surface area contributed by atoms with E-state index in [1.165, 1.54) is 12.3 Å². The Hall–Kier alpha value is -4.60. The van der Waals surface area contributed by atoms with Gasteiger partial charge in [0.2, 0.25) is 10.0 Å². The largest absolute Gasteiger partial charge is 0.459 e. The lowest BCUT2D eigenvalue weighted by Gasteiger charge is -2.34. The zero-order valence-electron chi connectivity index (χ0n) is 23.6. The lowest BCUT2D eigenvalue weighted by Crippen LogP contribution is -2.44. The number of hydrogen-bond donors (Lipinski definition) is 3.